The Kier molecular flexibility index (Phi) is 5.21. The lowest BCUT2D eigenvalue weighted by molar-refractivity contribution is -0.192. The molecule has 0 saturated heterocycles. The van der Waals surface area contributed by atoms with Crippen molar-refractivity contribution in [2.75, 3.05) is 6.54 Å². The highest BCUT2D eigenvalue weighted by Gasteiger charge is 2.44. The minimum absolute atomic E-state index is 0.253. The van der Waals surface area contributed by atoms with Crippen LogP contribution in [0.5, 0.6) is 0 Å². The molecule has 21 heavy (non-hydrogen) atoms. The van der Waals surface area contributed by atoms with Gasteiger partial charge in [-0.25, -0.2) is 0 Å². The van der Waals surface area contributed by atoms with E-state index in [9.17, 15) is 31.1 Å². The number of carboxylic acids is 1. The van der Waals surface area contributed by atoms with E-state index in [1.807, 2.05) is 0 Å². The monoisotopic (exact) mass is 315 g/mol. The molecule has 0 spiro atoms. The van der Waals surface area contributed by atoms with Crippen molar-refractivity contribution in [1.29, 1.82) is 0 Å². The van der Waals surface area contributed by atoms with Gasteiger partial charge < -0.3 is 10.4 Å². The lowest BCUT2D eigenvalue weighted by atomic mass is 10.1. The second kappa shape index (κ2) is 6.33. The van der Waals surface area contributed by atoms with Gasteiger partial charge in [0.1, 0.15) is 0 Å². The summed E-state index contributed by atoms with van der Waals surface area (Å²) < 4.78 is 75.0. The van der Waals surface area contributed by atoms with Gasteiger partial charge in [0.25, 0.3) is 0 Å². The minimum atomic E-state index is -4.97. The average Bonchev–Trinajstić information content (AvgIpc) is 2.31. The van der Waals surface area contributed by atoms with Crippen LogP contribution in [0.1, 0.15) is 11.1 Å². The van der Waals surface area contributed by atoms with Crippen molar-refractivity contribution in [3.8, 4) is 0 Å². The summed E-state index contributed by atoms with van der Waals surface area (Å²) in [4.78, 5) is 10.5. The molecule has 0 aromatic heterocycles. The molecule has 2 N–H and O–H groups in total. The molecule has 0 aliphatic heterocycles. The van der Waals surface area contributed by atoms with Crippen molar-refractivity contribution in [2.45, 2.75) is 18.9 Å². The Morgan fingerprint density at radius 3 is 2.19 bits per heavy atom. The maximum absolute atomic E-state index is 12.6. The van der Waals surface area contributed by atoms with Gasteiger partial charge in [0, 0.05) is 13.1 Å². The first-order valence-electron chi connectivity index (χ1n) is 5.69. The van der Waals surface area contributed by atoms with Crippen LogP contribution in [0.2, 0.25) is 0 Å². The van der Waals surface area contributed by atoms with Crippen LogP contribution >= 0.6 is 0 Å². The molecule has 0 fully saturated rings. The first-order chi connectivity index (χ1) is 9.53. The maximum atomic E-state index is 12.6. The van der Waals surface area contributed by atoms with Crippen LogP contribution in [-0.4, -0.2) is 23.8 Å². The first kappa shape index (κ1) is 17.3. The first-order valence-corrected chi connectivity index (χ1v) is 5.69. The summed E-state index contributed by atoms with van der Waals surface area (Å²) in [5.74, 6) is -4.75. The fraction of sp³-hybridized carbons (Fsp3) is 0.417. The fourth-order valence-corrected chi connectivity index (χ4v) is 1.65. The summed E-state index contributed by atoms with van der Waals surface area (Å²) in [6.07, 6.45) is -9.60. The van der Waals surface area contributed by atoms with Gasteiger partial charge in [-0.05, 0) is 11.6 Å². The van der Waals surface area contributed by atoms with Gasteiger partial charge in [-0.2, -0.15) is 26.3 Å². The van der Waals surface area contributed by atoms with Crippen molar-refractivity contribution >= 4 is 5.97 Å². The fourth-order valence-electron chi connectivity index (χ4n) is 1.65. The normalized spacial score (nSPS) is 14.0. The number of nitrogens with one attached hydrogen (secondary N) is 1. The molecule has 0 heterocycles. The number of carbonyl (C=O) groups is 1. The molecule has 1 aromatic rings. The van der Waals surface area contributed by atoms with E-state index in [4.69, 9.17) is 5.11 Å². The van der Waals surface area contributed by atoms with Gasteiger partial charge in [0.2, 0.25) is 0 Å². The smallest absolute Gasteiger partial charge is 0.416 e. The molecule has 1 rings (SSSR count). The molecule has 0 amide bonds. The number of halogens is 6. The number of benzene rings is 1. The summed E-state index contributed by atoms with van der Waals surface area (Å²) in [6, 6.07) is 4.38. The molecule has 118 valence electrons. The minimum Gasteiger partial charge on any atom is -0.481 e. The summed E-state index contributed by atoms with van der Waals surface area (Å²) in [5.41, 5.74) is -1.23. The van der Waals surface area contributed by atoms with Gasteiger partial charge >= 0.3 is 18.3 Å². The summed E-state index contributed by atoms with van der Waals surface area (Å²) in [5, 5.41) is 10.6. The molecule has 9 heteroatoms. The Bertz CT molecular complexity index is 497. The Labute approximate surface area is 115 Å². The van der Waals surface area contributed by atoms with Crippen molar-refractivity contribution in [3.05, 3.63) is 35.4 Å². The number of rotatable bonds is 5. The van der Waals surface area contributed by atoms with E-state index in [0.717, 1.165) is 18.2 Å². The van der Waals surface area contributed by atoms with Crippen LogP contribution in [0.4, 0.5) is 26.3 Å². The van der Waals surface area contributed by atoms with Crippen molar-refractivity contribution in [1.82, 2.24) is 5.32 Å². The number of hydrogen-bond acceptors (Lipinski definition) is 2. The Balaban J connectivity index is 2.75. The number of carboxylic acid groups (broad SMARTS) is 1. The SMILES string of the molecule is O=C(O)C(CNCc1ccccc1C(F)(F)F)C(F)(F)F. The second-order valence-electron chi connectivity index (χ2n) is 4.22. The zero-order valence-corrected chi connectivity index (χ0v) is 10.4. The van der Waals surface area contributed by atoms with Crippen LogP contribution in [0.25, 0.3) is 0 Å². The summed E-state index contributed by atoms with van der Waals surface area (Å²) in [6.45, 7) is -1.53. The van der Waals surface area contributed by atoms with E-state index in [1.165, 1.54) is 6.07 Å². The van der Waals surface area contributed by atoms with E-state index in [1.54, 1.807) is 0 Å². The lowest BCUT2D eigenvalue weighted by Gasteiger charge is -2.18. The molecule has 3 nitrogen and oxygen atoms in total. The molecule has 0 saturated carbocycles. The highest BCUT2D eigenvalue weighted by atomic mass is 19.4. The van der Waals surface area contributed by atoms with E-state index in [0.29, 0.717) is 0 Å². The summed E-state index contributed by atoms with van der Waals surface area (Å²) in [7, 11) is 0. The molecule has 0 aliphatic rings. The topological polar surface area (TPSA) is 49.3 Å². The van der Waals surface area contributed by atoms with E-state index in [2.05, 4.69) is 5.32 Å². The maximum Gasteiger partial charge on any atom is 0.416 e. The molecule has 0 aliphatic carbocycles. The van der Waals surface area contributed by atoms with Crippen LogP contribution < -0.4 is 5.32 Å². The second-order valence-corrected chi connectivity index (χ2v) is 4.22. The molecular formula is C12H11F6NO2. The zero-order valence-electron chi connectivity index (χ0n) is 10.4. The van der Waals surface area contributed by atoms with Crippen LogP contribution in [0.15, 0.2) is 24.3 Å². The average molecular weight is 315 g/mol. The van der Waals surface area contributed by atoms with Gasteiger partial charge in [0.15, 0.2) is 5.92 Å². The predicted molar refractivity (Wildman–Crippen MR) is 60.3 cm³/mol. The Morgan fingerprint density at radius 1 is 1.14 bits per heavy atom. The van der Waals surface area contributed by atoms with Crippen molar-refractivity contribution < 1.29 is 36.2 Å². The third-order valence-electron chi connectivity index (χ3n) is 2.68. The molecule has 1 atom stereocenters. The molecule has 0 radical (unpaired) electrons. The number of alkyl halides is 6. The Morgan fingerprint density at radius 2 is 1.71 bits per heavy atom. The molecule has 1 aromatic carbocycles. The quantitative estimate of drug-likeness (QED) is 0.821. The molecule has 0 bridgehead atoms. The van der Waals surface area contributed by atoms with Crippen LogP contribution in [0, 0.1) is 5.92 Å². The molecular weight excluding hydrogens is 304 g/mol. The molecule has 1 unspecified atom stereocenters. The predicted octanol–water partition coefficient (Wildman–Crippen LogP) is 3.06. The third-order valence-corrected chi connectivity index (χ3v) is 2.68. The van der Waals surface area contributed by atoms with Crippen LogP contribution in [-0.2, 0) is 17.5 Å². The van der Waals surface area contributed by atoms with E-state index >= 15 is 0 Å². The third kappa shape index (κ3) is 4.92. The van der Waals surface area contributed by atoms with Gasteiger partial charge in [-0.3, -0.25) is 4.79 Å². The van der Waals surface area contributed by atoms with Crippen molar-refractivity contribution in [2.24, 2.45) is 5.92 Å². The summed E-state index contributed by atoms with van der Waals surface area (Å²) >= 11 is 0. The number of hydrogen-bond donors (Lipinski definition) is 2. The van der Waals surface area contributed by atoms with Gasteiger partial charge in [-0.15, -0.1) is 0 Å². The van der Waals surface area contributed by atoms with E-state index in [-0.39, 0.29) is 5.56 Å². The lowest BCUT2D eigenvalue weighted by Crippen LogP contribution is -2.39. The number of aliphatic carboxylic acids is 1. The highest BCUT2D eigenvalue weighted by molar-refractivity contribution is 5.71. The van der Waals surface area contributed by atoms with Crippen LogP contribution in [0.3, 0.4) is 0 Å². The van der Waals surface area contributed by atoms with Gasteiger partial charge in [-0.1, -0.05) is 18.2 Å². The standard InChI is InChI=1S/C12H11F6NO2/c13-11(14,15)8-4-2-1-3-7(8)5-19-6-9(10(20)21)12(16,17)18/h1-4,9,19H,5-6H2,(H,20,21). The highest BCUT2D eigenvalue weighted by Crippen LogP contribution is 2.32. The van der Waals surface area contributed by atoms with Gasteiger partial charge in [0.05, 0.1) is 5.56 Å². The zero-order chi connectivity index (χ0) is 16.3. The van der Waals surface area contributed by atoms with E-state index < -0.39 is 42.9 Å². The van der Waals surface area contributed by atoms with Crippen molar-refractivity contribution in [3.63, 3.8) is 0 Å². The largest absolute Gasteiger partial charge is 0.481 e. The Hall–Kier alpha value is -1.77.